The van der Waals surface area contributed by atoms with Crippen LogP contribution in [-0.4, -0.2) is 42.3 Å². The third-order valence-electron chi connectivity index (χ3n) is 3.08. The summed E-state index contributed by atoms with van der Waals surface area (Å²) in [6, 6.07) is 7.62. The highest BCUT2D eigenvalue weighted by Gasteiger charge is 2.35. The summed E-state index contributed by atoms with van der Waals surface area (Å²) >= 11 is 5.93. The molecule has 0 saturated carbocycles. The van der Waals surface area contributed by atoms with Crippen LogP contribution in [0.4, 0.5) is 5.69 Å². The smallest absolute Gasteiger partial charge is 0.0742 e. The van der Waals surface area contributed by atoms with Gasteiger partial charge in [-0.2, -0.15) is 0 Å². The monoisotopic (exact) mass is 240 g/mol. The van der Waals surface area contributed by atoms with Gasteiger partial charge in [-0.25, -0.2) is 0 Å². The van der Waals surface area contributed by atoms with Gasteiger partial charge in [-0.1, -0.05) is 17.7 Å². The molecule has 4 heteroatoms. The first-order valence-corrected chi connectivity index (χ1v) is 5.84. The number of benzene rings is 1. The normalized spacial score (nSPS) is 25.9. The van der Waals surface area contributed by atoms with E-state index in [9.17, 15) is 5.11 Å². The maximum Gasteiger partial charge on any atom is 0.0742 e. The van der Waals surface area contributed by atoms with Crippen LogP contribution >= 0.6 is 11.6 Å². The first kappa shape index (κ1) is 11.7. The van der Waals surface area contributed by atoms with Gasteiger partial charge in [0.05, 0.1) is 12.1 Å². The Kier molecular flexibility index (Phi) is 3.38. The predicted molar refractivity (Wildman–Crippen MR) is 67.0 cm³/mol. The van der Waals surface area contributed by atoms with E-state index in [1.54, 1.807) is 0 Å². The number of halogens is 1. The molecule has 1 aliphatic rings. The quantitative estimate of drug-likeness (QED) is 0.846. The predicted octanol–water partition coefficient (Wildman–Crippen LogP) is 1.82. The van der Waals surface area contributed by atoms with Crippen LogP contribution in [0.15, 0.2) is 24.3 Å². The molecule has 0 amide bonds. The van der Waals surface area contributed by atoms with Crippen molar-refractivity contribution in [2.45, 2.75) is 12.0 Å². The number of nitrogens with one attached hydrogen (secondary N) is 1. The number of aliphatic hydroxyl groups is 1. The molecule has 1 heterocycles. The molecule has 1 aliphatic heterocycles. The Labute approximate surface area is 101 Å². The average molecular weight is 241 g/mol. The van der Waals surface area contributed by atoms with E-state index in [1.165, 1.54) is 0 Å². The number of hydrogen-bond donors (Lipinski definition) is 2. The fourth-order valence-electron chi connectivity index (χ4n) is 2.22. The SMILES string of the molecule is CN1CCC(CO)(Nc2cccc(Cl)c2)C1. The Balaban J connectivity index is 2.13. The molecule has 1 fully saturated rings. The molecular weight excluding hydrogens is 224 g/mol. The number of rotatable bonds is 3. The average Bonchev–Trinajstić information content (AvgIpc) is 2.61. The second-order valence-corrected chi connectivity index (χ2v) is 5.00. The van der Waals surface area contributed by atoms with Gasteiger partial charge in [0, 0.05) is 23.8 Å². The van der Waals surface area contributed by atoms with E-state index in [0.29, 0.717) is 5.02 Å². The summed E-state index contributed by atoms with van der Waals surface area (Å²) in [6.07, 6.45) is 0.951. The molecule has 0 aliphatic carbocycles. The van der Waals surface area contributed by atoms with Crippen LogP contribution in [0.1, 0.15) is 6.42 Å². The molecule has 0 aromatic heterocycles. The molecule has 88 valence electrons. The van der Waals surface area contributed by atoms with Gasteiger partial charge in [-0.15, -0.1) is 0 Å². The fraction of sp³-hybridized carbons (Fsp3) is 0.500. The highest BCUT2D eigenvalue weighted by molar-refractivity contribution is 6.30. The van der Waals surface area contributed by atoms with Gasteiger partial charge in [-0.3, -0.25) is 0 Å². The Morgan fingerprint density at radius 3 is 2.94 bits per heavy atom. The van der Waals surface area contributed by atoms with Crippen molar-refractivity contribution >= 4 is 17.3 Å². The lowest BCUT2D eigenvalue weighted by molar-refractivity contribution is 0.212. The lowest BCUT2D eigenvalue weighted by Crippen LogP contribution is -2.44. The summed E-state index contributed by atoms with van der Waals surface area (Å²) in [5, 5.41) is 13.7. The molecule has 1 unspecified atom stereocenters. The van der Waals surface area contributed by atoms with Gasteiger partial charge >= 0.3 is 0 Å². The summed E-state index contributed by atoms with van der Waals surface area (Å²) in [5.74, 6) is 0. The molecule has 1 saturated heterocycles. The van der Waals surface area contributed by atoms with Crippen molar-refractivity contribution in [1.29, 1.82) is 0 Å². The standard InChI is InChI=1S/C12H17ClN2O/c1-15-6-5-12(8-15,9-16)14-11-4-2-3-10(13)7-11/h2-4,7,14,16H,5-6,8-9H2,1H3. The van der Waals surface area contributed by atoms with Crippen LogP contribution in [-0.2, 0) is 0 Å². The van der Waals surface area contributed by atoms with Gasteiger partial charge in [0.2, 0.25) is 0 Å². The molecule has 3 nitrogen and oxygen atoms in total. The zero-order valence-electron chi connectivity index (χ0n) is 9.41. The van der Waals surface area contributed by atoms with Crippen LogP contribution < -0.4 is 5.32 Å². The summed E-state index contributed by atoms with van der Waals surface area (Å²) < 4.78 is 0. The maximum absolute atomic E-state index is 9.54. The summed E-state index contributed by atoms with van der Waals surface area (Å²) in [5.41, 5.74) is 0.747. The number of anilines is 1. The molecule has 0 bridgehead atoms. The summed E-state index contributed by atoms with van der Waals surface area (Å²) in [6.45, 7) is 2.01. The van der Waals surface area contributed by atoms with E-state index < -0.39 is 0 Å². The van der Waals surface area contributed by atoms with Crippen molar-refractivity contribution in [3.05, 3.63) is 29.3 Å². The highest BCUT2D eigenvalue weighted by Crippen LogP contribution is 2.26. The van der Waals surface area contributed by atoms with Crippen LogP contribution in [0, 0.1) is 0 Å². The van der Waals surface area contributed by atoms with Crippen molar-refractivity contribution in [1.82, 2.24) is 4.90 Å². The van der Waals surface area contributed by atoms with E-state index in [0.717, 1.165) is 25.2 Å². The van der Waals surface area contributed by atoms with Gasteiger partial charge in [0.1, 0.15) is 0 Å². The zero-order valence-corrected chi connectivity index (χ0v) is 10.2. The van der Waals surface area contributed by atoms with E-state index in [1.807, 2.05) is 24.3 Å². The molecule has 2 rings (SSSR count). The zero-order chi connectivity index (χ0) is 11.6. The van der Waals surface area contributed by atoms with Crippen molar-refractivity contribution < 1.29 is 5.11 Å². The lowest BCUT2D eigenvalue weighted by Gasteiger charge is -2.29. The first-order valence-electron chi connectivity index (χ1n) is 5.47. The van der Waals surface area contributed by atoms with Crippen molar-refractivity contribution in [2.75, 3.05) is 32.1 Å². The second kappa shape index (κ2) is 4.62. The lowest BCUT2D eigenvalue weighted by atomic mass is 9.99. The minimum Gasteiger partial charge on any atom is -0.394 e. The molecule has 1 atom stereocenters. The van der Waals surface area contributed by atoms with E-state index in [2.05, 4.69) is 17.3 Å². The Bertz CT molecular complexity index is 372. The van der Waals surface area contributed by atoms with E-state index in [-0.39, 0.29) is 12.1 Å². The molecular formula is C12H17ClN2O. The highest BCUT2D eigenvalue weighted by atomic mass is 35.5. The minimum absolute atomic E-state index is 0.143. The largest absolute Gasteiger partial charge is 0.394 e. The molecule has 0 radical (unpaired) electrons. The third kappa shape index (κ3) is 2.48. The van der Waals surface area contributed by atoms with Crippen molar-refractivity contribution in [3.8, 4) is 0 Å². The van der Waals surface area contributed by atoms with Gasteiger partial charge in [0.15, 0.2) is 0 Å². The Hall–Kier alpha value is -0.770. The second-order valence-electron chi connectivity index (χ2n) is 4.56. The number of nitrogens with zero attached hydrogens (tertiary/aromatic N) is 1. The number of likely N-dealkylation sites (N-methyl/N-ethyl adjacent to an activating group) is 1. The molecule has 0 spiro atoms. The van der Waals surface area contributed by atoms with Gasteiger partial charge in [0.25, 0.3) is 0 Å². The van der Waals surface area contributed by atoms with Crippen LogP contribution in [0.2, 0.25) is 5.02 Å². The first-order chi connectivity index (χ1) is 7.63. The fourth-order valence-corrected chi connectivity index (χ4v) is 2.41. The molecule has 1 aromatic carbocycles. The van der Waals surface area contributed by atoms with E-state index in [4.69, 9.17) is 11.6 Å². The Morgan fingerprint density at radius 1 is 1.56 bits per heavy atom. The molecule has 16 heavy (non-hydrogen) atoms. The van der Waals surface area contributed by atoms with Crippen molar-refractivity contribution in [2.24, 2.45) is 0 Å². The molecule has 1 aromatic rings. The number of hydrogen-bond acceptors (Lipinski definition) is 3. The number of aliphatic hydroxyl groups excluding tert-OH is 1. The topological polar surface area (TPSA) is 35.5 Å². The van der Waals surface area contributed by atoms with Crippen LogP contribution in [0.25, 0.3) is 0 Å². The molecule has 2 N–H and O–H groups in total. The number of likely N-dealkylation sites (tertiary alicyclic amines) is 1. The summed E-state index contributed by atoms with van der Waals surface area (Å²) in [4.78, 5) is 2.22. The minimum atomic E-state index is -0.223. The maximum atomic E-state index is 9.54. The van der Waals surface area contributed by atoms with Crippen LogP contribution in [0.5, 0.6) is 0 Å². The van der Waals surface area contributed by atoms with Crippen LogP contribution in [0.3, 0.4) is 0 Å². The Morgan fingerprint density at radius 2 is 2.38 bits per heavy atom. The third-order valence-corrected chi connectivity index (χ3v) is 3.32. The van der Waals surface area contributed by atoms with Crippen molar-refractivity contribution in [3.63, 3.8) is 0 Å². The van der Waals surface area contributed by atoms with Gasteiger partial charge < -0.3 is 15.3 Å². The van der Waals surface area contributed by atoms with E-state index >= 15 is 0 Å². The van der Waals surface area contributed by atoms with Gasteiger partial charge in [-0.05, 0) is 31.7 Å². The summed E-state index contributed by atoms with van der Waals surface area (Å²) in [7, 11) is 2.07.